The molecule has 1 aromatic rings. The highest BCUT2D eigenvalue weighted by Gasteiger charge is 2.32. The SMILES string of the molecule is CCNC1CCC(C)CC1S(=O)c1ccc(C)cc1. The lowest BCUT2D eigenvalue weighted by Gasteiger charge is -2.34. The molecule has 4 unspecified atom stereocenters. The van der Waals surface area contributed by atoms with Crippen LogP contribution in [-0.2, 0) is 10.8 Å². The standard InChI is InChI=1S/C16H25NOS/c1-4-17-15-10-7-13(3)11-16(15)19(18)14-8-5-12(2)6-9-14/h5-6,8-9,13,15-17H,4,7,10-11H2,1-3H3. The molecule has 0 bridgehead atoms. The van der Waals surface area contributed by atoms with Crippen LogP contribution in [0.2, 0.25) is 0 Å². The van der Waals surface area contributed by atoms with E-state index in [2.05, 4.69) is 38.2 Å². The van der Waals surface area contributed by atoms with E-state index in [-0.39, 0.29) is 5.25 Å². The van der Waals surface area contributed by atoms with Crippen LogP contribution < -0.4 is 5.32 Å². The van der Waals surface area contributed by atoms with Gasteiger partial charge < -0.3 is 5.32 Å². The highest BCUT2D eigenvalue weighted by Crippen LogP contribution is 2.30. The first kappa shape index (κ1) is 14.7. The van der Waals surface area contributed by atoms with Gasteiger partial charge in [-0.05, 0) is 50.8 Å². The number of aryl methyl sites for hydroxylation is 1. The number of hydrogen-bond acceptors (Lipinski definition) is 2. The van der Waals surface area contributed by atoms with Crippen LogP contribution in [0, 0.1) is 12.8 Å². The van der Waals surface area contributed by atoms with E-state index in [1.165, 1.54) is 12.0 Å². The molecule has 4 atom stereocenters. The van der Waals surface area contributed by atoms with E-state index in [0.717, 1.165) is 24.3 Å². The monoisotopic (exact) mass is 279 g/mol. The number of hydrogen-bond donors (Lipinski definition) is 1. The molecule has 0 aromatic heterocycles. The molecular weight excluding hydrogens is 254 g/mol. The number of benzene rings is 1. The summed E-state index contributed by atoms with van der Waals surface area (Å²) in [6, 6.07) is 8.56. The van der Waals surface area contributed by atoms with Gasteiger partial charge >= 0.3 is 0 Å². The number of rotatable bonds is 4. The van der Waals surface area contributed by atoms with Crippen molar-refractivity contribution < 1.29 is 4.21 Å². The van der Waals surface area contributed by atoms with Crippen molar-refractivity contribution in [3.8, 4) is 0 Å². The van der Waals surface area contributed by atoms with Gasteiger partial charge in [-0.3, -0.25) is 4.21 Å². The average molecular weight is 279 g/mol. The van der Waals surface area contributed by atoms with E-state index in [0.29, 0.717) is 12.0 Å². The zero-order chi connectivity index (χ0) is 13.8. The van der Waals surface area contributed by atoms with E-state index in [1.54, 1.807) is 0 Å². The van der Waals surface area contributed by atoms with Gasteiger partial charge in [0.2, 0.25) is 0 Å². The van der Waals surface area contributed by atoms with Crippen molar-refractivity contribution in [3.63, 3.8) is 0 Å². The maximum atomic E-state index is 12.8. The van der Waals surface area contributed by atoms with Crippen molar-refractivity contribution in [2.24, 2.45) is 5.92 Å². The van der Waals surface area contributed by atoms with Gasteiger partial charge in [-0.1, -0.05) is 31.5 Å². The van der Waals surface area contributed by atoms with Gasteiger partial charge in [0.1, 0.15) is 0 Å². The molecule has 1 saturated carbocycles. The molecule has 1 N–H and O–H groups in total. The Bertz CT molecular complexity index is 429. The van der Waals surface area contributed by atoms with Gasteiger partial charge in [0.15, 0.2) is 0 Å². The van der Waals surface area contributed by atoms with Crippen molar-refractivity contribution >= 4 is 10.8 Å². The second-order valence-corrected chi connectivity index (χ2v) is 7.40. The maximum absolute atomic E-state index is 12.8. The average Bonchev–Trinajstić information content (AvgIpc) is 2.41. The summed E-state index contributed by atoms with van der Waals surface area (Å²) < 4.78 is 12.8. The van der Waals surface area contributed by atoms with Crippen molar-refractivity contribution in [1.29, 1.82) is 0 Å². The van der Waals surface area contributed by atoms with Gasteiger partial charge in [-0.2, -0.15) is 0 Å². The van der Waals surface area contributed by atoms with Crippen LogP contribution in [0.5, 0.6) is 0 Å². The molecule has 0 amide bonds. The van der Waals surface area contributed by atoms with E-state index >= 15 is 0 Å². The molecule has 2 rings (SSSR count). The largest absolute Gasteiger partial charge is 0.313 e. The summed E-state index contributed by atoms with van der Waals surface area (Å²) in [5.74, 6) is 0.689. The summed E-state index contributed by atoms with van der Waals surface area (Å²) in [6.07, 6.45) is 3.47. The van der Waals surface area contributed by atoms with Crippen molar-refractivity contribution in [2.45, 2.75) is 56.2 Å². The molecule has 0 spiro atoms. The Morgan fingerprint density at radius 1 is 1.26 bits per heavy atom. The predicted octanol–water partition coefficient (Wildman–Crippen LogP) is 3.27. The van der Waals surface area contributed by atoms with E-state index < -0.39 is 10.8 Å². The second kappa shape index (κ2) is 6.67. The molecule has 19 heavy (non-hydrogen) atoms. The summed E-state index contributed by atoms with van der Waals surface area (Å²) in [4.78, 5) is 0.979. The predicted molar refractivity (Wildman–Crippen MR) is 81.9 cm³/mol. The molecule has 0 saturated heterocycles. The fraction of sp³-hybridized carbons (Fsp3) is 0.625. The first-order valence-corrected chi connectivity index (χ1v) is 8.53. The highest BCUT2D eigenvalue weighted by molar-refractivity contribution is 7.85. The molecule has 2 nitrogen and oxygen atoms in total. The van der Waals surface area contributed by atoms with Crippen molar-refractivity contribution in [3.05, 3.63) is 29.8 Å². The van der Waals surface area contributed by atoms with Gasteiger partial charge in [0.05, 0.1) is 16.0 Å². The Morgan fingerprint density at radius 2 is 1.95 bits per heavy atom. The fourth-order valence-electron chi connectivity index (χ4n) is 2.91. The van der Waals surface area contributed by atoms with Gasteiger partial charge in [0, 0.05) is 10.9 Å². The molecule has 0 radical (unpaired) electrons. The first-order valence-electron chi connectivity index (χ1n) is 7.32. The third-order valence-electron chi connectivity index (χ3n) is 4.05. The van der Waals surface area contributed by atoms with Gasteiger partial charge in [-0.15, -0.1) is 0 Å². The highest BCUT2D eigenvalue weighted by atomic mass is 32.2. The molecule has 1 aliphatic rings. The Hall–Kier alpha value is -0.670. The zero-order valence-corrected chi connectivity index (χ0v) is 13.0. The number of nitrogens with one attached hydrogen (secondary N) is 1. The quantitative estimate of drug-likeness (QED) is 0.916. The van der Waals surface area contributed by atoms with Crippen molar-refractivity contribution in [2.75, 3.05) is 6.54 Å². The normalized spacial score (nSPS) is 29.1. The van der Waals surface area contributed by atoms with Crippen LogP contribution in [0.4, 0.5) is 0 Å². The van der Waals surface area contributed by atoms with Crippen LogP contribution in [-0.4, -0.2) is 22.0 Å². The Balaban J connectivity index is 2.16. The third kappa shape index (κ3) is 3.67. The molecule has 1 aliphatic carbocycles. The summed E-state index contributed by atoms with van der Waals surface area (Å²) in [6.45, 7) is 7.43. The summed E-state index contributed by atoms with van der Waals surface area (Å²) >= 11 is 0. The van der Waals surface area contributed by atoms with Gasteiger partial charge in [0.25, 0.3) is 0 Å². The third-order valence-corrected chi connectivity index (χ3v) is 5.86. The van der Waals surface area contributed by atoms with E-state index in [1.807, 2.05) is 12.1 Å². The van der Waals surface area contributed by atoms with Crippen LogP contribution in [0.25, 0.3) is 0 Å². The van der Waals surface area contributed by atoms with Crippen LogP contribution in [0.15, 0.2) is 29.2 Å². The summed E-state index contributed by atoms with van der Waals surface area (Å²) in [7, 11) is -0.893. The van der Waals surface area contributed by atoms with Crippen LogP contribution in [0.3, 0.4) is 0 Å². The Kier molecular flexibility index (Phi) is 5.17. The molecule has 1 aromatic carbocycles. The first-order chi connectivity index (χ1) is 9.11. The van der Waals surface area contributed by atoms with Crippen LogP contribution in [0.1, 0.15) is 38.7 Å². The van der Waals surface area contributed by atoms with Crippen LogP contribution >= 0.6 is 0 Å². The molecule has 1 fully saturated rings. The lowest BCUT2D eigenvalue weighted by molar-refractivity contribution is 0.316. The smallest absolute Gasteiger partial charge is 0.0576 e. The topological polar surface area (TPSA) is 29.1 Å². The molecule has 0 heterocycles. The van der Waals surface area contributed by atoms with Crippen molar-refractivity contribution in [1.82, 2.24) is 5.32 Å². The Morgan fingerprint density at radius 3 is 2.58 bits per heavy atom. The second-order valence-electron chi connectivity index (χ2n) is 5.73. The zero-order valence-electron chi connectivity index (χ0n) is 12.2. The maximum Gasteiger partial charge on any atom is 0.0576 e. The van der Waals surface area contributed by atoms with E-state index in [9.17, 15) is 4.21 Å². The lowest BCUT2D eigenvalue weighted by Crippen LogP contribution is -2.45. The fourth-order valence-corrected chi connectivity index (χ4v) is 4.70. The minimum absolute atomic E-state index is 0.256. The molecule has 3 heteroatoms. The minimum atomic E-state index is -0.893. The van der Waals surface area contributed by atoms with E-state index in [4.69, 9.17) is 0 Å². The summed E-state index contributed by atoms with van der Waals surface area (Å²) in [5, 5.41) is 3.78. The minimum Gasteiger partial charge on any atom is -0.313 e. The summed E-state index contributed by atoms with van der Waals surface area (Å²) in [5.41, 5.74) is 1.22. The lowest BCUT2D eigenvalue weighted by atomic mass is 9.87. The molecule has 106 valence electrons. The molecular formula is C16H25NOS. The molecule has 0 aliphatic heterocycles. The van der Waals surface area contributed by atoms with Gasteiger partial charge in [-0.25, -0.2) is 0 Å². The Labute approximate surface area is 119 Å².